The number of aliphatic hydroxyl groups excluding tert-OH is 2. The molecule has 0 heterocycles. The number of hydrogen-bond donors (Lipinski definition) is 4. The molecule has 4 N–H and O–H groups in total. The minimum atomic E-state index is -1.15. The fraction of sp³-hybridized carbons (Fsp3) is 0.400. The average molecular weight is 277 g/mol. The zero-order valence-corrected chi connectivity index (χ0v) is 9.55. The van der Waals surface area contributed by atoms with E-state index >= 15 is 0 Å². The van der Waals surface area contributed by atoms with Gasteiger partial charge < -0.3 is 20.4 Å². The van der Waals surface area contributed by atoms with Gasteiger partial charge in [0.15, 0.2) is 0 Å². The molecule has 84 valence electrons. The maximum Gasteiger partial charge on any atom is 0.125 e. The van der Waals surface area contributed by atoms with Gasteiger partial charge in [0.05, 0.1) is 6.10 Å². The minimum absolute atomic E-state index is 0.0848. The molecule has 0 aliphatic rings. The average Bonchev–Trinajstić information content (AvgIpc) is 2.17. The molecule has 0 spiro atoms. The molecule has 0 saturated carbocycles. The first-order valence-electron chi connectivity index (χ1n) is 4.50. The second kappa shape index (κ2) is 5.34. The summed E-state index contributed by atoms with van der Waals surface area (Å²) in [4.78, 5) is 0. The highest BCUT2D eigenvalue weighted by atomic mass is 79.9. The van der Waals surface area contributed by atoms with Gasteiger partial charge in [0.2, 0.25) is 0 Å². The molecule has 0 radical (unpaired) electrons. The lowest BCUT2D eigenvalue weighted by Crippen LogP contribution is -2.18. The van der Waals surface area contributed by atoms with Crippen LogP contribution in [0.4, 0.5) is 0 Å². The van der Waals surface area contributed by atoms with Crippen LogP contribution < -0.4 is 0 Å². The lowest BCUT2D eigenvalue weighted by Gasteiger charge is -2.18. The van der Waals surface area contributed by atoms with Crippen molar-refractivity contribution in [2.45, 2.75) is 18.6 Å². The Morgan fingerprint density at radius 1 is 1.20 bits per heavy atom. The van der Waals surface area contributed by atoms with Crippen molar-refractivity contribution in [2.24, 2.45) is 0 Å². The summed E-state index contributed by atoms with van der Waals surface area (Å²) in [6.07, 6.45) is -1.72. The number of halogens is 1. The summed E-state index contributed by atoms with van der Waals surface area (Å²) in [5, 5.41) is 38.2. The van der Waals surface area contributed by atoms with E-state index in [4.69, 9.17) is 5.11 Å². The lowest BCUT2D eigenvalue weighted by atomic mass is 10.0. The number of phenolic OH excluding ortho intramolecular Hbond substituents is 2. The molecule has 5 heteroatoms. The van der Waals surface area contributed by atoms with Crippen LogP contribution in [0.2, 0.25) is 0 Å². The highest BCUT2D eigenvalue weighted by Crippen LogP contribution is 2.30. The highest BCUT2D eigenvalue weighted by molar-refractivity contribution is 9.09. The largest absolute Gasteiger partial charge is 0.508 e. The number of phenols is 2. The van der Waals surface area contributed by atoms with Gasteiger partial charge in [-0.15, -0.1) is 0 Å². The summed E-state index contributed by atoms with van der Waals surface area (Å²) < 4.78 is 0. The standard InChI is InChI=1S/C10H13BrO4/c11-4-3-8(13)10(15)7-2-1-6(12)5-9(7)14/h1-2,5,8,10,12-15H,3-4H2. The molecule has 2 atom stereocenters. The Morgan fingerprint density at radius 2 is 1.87 bits per heavy atom. The molecule has 2 unspecified atom stereocenters. The maximum absolute atomic E-state index is 9.68. The lowest BCUT2D eigenvalue weighted by molar-refractivity contribution is 0.0160. The van der Waals surface area contributed by atoms with E-state index in [1.807, 2.05) is 0 Å². The fourth-order valence-electron chi connectivity index (χ4n) is 1.26. The van der Waals surface area contributed by atoms with E-state index in [-0.39, 0.29) is 17.1 Å². The van der Waals surface area contributed by atoms with Crippen LogP contribution in [0.5, 0.6) is 11.5 Å². The second-order valence-electron chi connectivity index (χ2n) is 3.23. The van der Waals surface area contributed by atoms with E-state index in [0.717, 1.165) is 6.07 Å². The molecule has 15 heavy (non-hydrogen) atoms. The van der Waals surface area contributed by atoms with Crippen LogP contribution >= 0.6 is 15.9 Å². The number of hydrogen-bond acceptors (Lipinski definition) is 4. The van der Waals surface area contributed by atoms with Gasteiger partial charge in [0.1, 0.15) is 17.6 Å². The van der Waals surface area contributed by atoms with E-state index in [2.05, 4.69) is 15.9 Å². The Kier molecular flexibility index (Phi) is 4.38. The smallest absolute Gasteiger partial charge is 0.125 e. The molecule has 1 aromatic carbocycles. The Balaban J connectivity index is 2.86. The first-order chi connectivity index (χ1) is 7.06. The van der Waals surface area contributed by atoms with Crippen LogP contribution in [0.1, 0.15) is 18.1 Å². The summed E-state index contributed by atoms with van der Waals surface area (Å²) in [6, 6.07) is 3.85. The number of alkyl halides is 1. The van der Waals surface area contributed by atoms with Gasteiger partial charge in [0, 0.05) is 17.0 Å². The third kappa shape index (κ3) is 3.09. The van der Waals surface area contributed by atoms with Gasteiger partial charge in [-0.2, -0.15) is 0 Å². The van der Waals surface area contributed by atoms with Gasteiger partial charge in [0.25, 0.3) is 0 Å². The number of aromatic hydroxyl groups is 2. The molecule has 0 aliphatic carbocycles. The van der Waals surface area contributed by atoms with Crippen LogP contribution in [-0.4, -0.2) is 31.9 Å². The van der Waals surface area contributed by atoms with Crippen LogP contribution in [0.25, 0.3) is 0 Å². The number of rotatable bonds is 4. The number of benzene rings is 1. The summed E-state index contributed by atoms with van der Waals surface area (Å²) in [6.45, 7) is 0. The van der Waals surface area contributed by atoms with Crippen molar-refractivity contribution in [3.63, 3.8) is 0 Å². The summed E-state index contributed by atoms with van der Waals surface area (Å²) in [7, 11) is 0. The van der Waals surface area contributed by atoms with Crippen molar-refractivity contribution in [3.8, 4) is 11.5 Å². The monoisotopic (exact) mass is 276 g/mol. The molecule has 0 aromatic heterocycles. The van der Waals surface area contributed by atoms with Crippen molar-refractivity contribution >= 4 is 15.9 Å². The van der Waals surface area contributed by atoms with Gasteiger partial charge in [-0.3, -0.25) is 0 Å². The minimum Gasteiger partial charge on any atom is -0.508 e. The Morgan fingerprint density at radius 3 is 2.40 bits per heavy atom. The quantitative estimate of drug-likeness (QED) is 0.625. The number of aliphatic hydroxyl groups is 2. The zero-order valence-electron chi connectivity index (χ0n) is 7.97. The van der Waals surface area contributed by atoms with Gasteiger partial charge in [-0.25, -0.2) is 0 Å². The molecular weight excluding hydrogens is 264 g/mol. The topological polar surface area (TPSA) is 80.9 Å². The molecule has 0 amide bonds. The van der Waals surface area contributed by atoms with Gasteiger partial charge >= 0.3 is 0 Å². The summed E-state index contributed by atoms with van der Waals surface area (Å²) >= 11 is 3.15. The fourth-order valence-corrected chi connectivity index (χ4v) is 1.73. The molecule has 0 fully saturated rings. The predicted molar refractivity (Wildman–Crippen MR) is 59.1 cm³/mol. The van der Waals surface area contributed by atoms with E-state index < -0.39 is 12.2 Å². The van der Waals surface area contributed by atoms with E-state index in [0.29, 0.717) is 11.8 Å². The van der Waals surface area contributed by atoms with Crippen molar-refractivity contribution in [2.75, 3.05) is 5.33 Å². The maximum atomic E-state index is 9.68. The molecule has 0 saturated heterocycles. The van der Waals surface area contributed by atoms with E-state index in [1.54, 1.807) is 0 Å². The van der Waals surface area contributed by atoms with Crippen LogP contribution in [-0.2, 0) is 0 Å². The molecule has 4 nitrogen and oxygen atoms in total. The first-order valence-corrected chi connectivity index (χ1v) is 5.62. The molecule has 0 aliphatic heterocycles. The second-order valence-corrected chi connectivity index (χ2v) is 4.03. The molecule has 1 rings (SSSR count). The molecular formula is C10H13BrO4. The summed E-state index contributed by atoms with van der Waals surface area (Å²) in [5.74, 6) is -0.311. The first kappa shape index (κ1) is 12.3. The van der Waals surface area contributed by atoms with Crippen molar-refractivity contribution in [1.29, 1.82) is 0 Å². The van der Waals surface area contributed by atoms with Crippen molar-refractivity contribution in [3.05, 3.63) is 23.8 Å². The van der Waals surface area contributed by atoms with Crippen LogP contribution in [0.3, 0.4) is 0 Å². The Hall–Kier alpha value is -0.780. The SMILES string of the molecule is Oc1ccc(C(O)C(O)CCBr)c(O)c1. The van der Waals surface area contributed by atoms with Gasteiger partial charge in [-0.05, 0) is 18.6 Å². The van der Waals surface area contributed by atoms with E-state index in [1.165, 1.54) is 12.1 Å². The van der Waals surface area contributed by atoms with Crippen molar-refractivity contribution < 1.29 is 20.4 Å². The highest BCUT2D eigenvalue weighted by Gasteiger charge is 2.20. The van der Waals surface area contributed by atoms with Crippen molar-refractivity contribution in [1.82, 2.24) is 0 Å². The third-order valence-corrected chi connectivity index (χ3v) is 2.56. The Labute approximate surface area is 95.9 Å². The molecule has 0 bridgehead atoms. The summed E-state index contributed by atoms with van der Waals surface area (Å²) in [5.41, 5.74) is 0.209. The van der Waals surface area contributed by atoms with Gasteiger partial charge in [-0.1, -0.05) is 15.9 Å². The normalized spacial score (nSPS) is 14.9. The van der Waals surface area contributed by atoms with Crippen LogP contribution in [0.15, 0.2) is 18.2 Å². The molecule has 1 aromatic rings. The van der Waals surface area contributed by atoms with Crippen LogP contribution in [0, 0.1) is 0 Å². The van der Waals surface area contributed by atoms with E-state index in [9.17, 15) is 15.3 Å². The third-order valence-electron chi connectivity index (χ3n) is 2.10. The predicted octanol–water partition coefficient (Wildman–Crippen LogP) is 1.28. The zero-order chi connectivity index (χ0) is 11.4. The Bertz CT molecular complexity index is 329.